The van der Waals surface area contributed by atoms with Crippen molar-refractivity contribution in [2.75, 3.05) is 10.6 Å². The maximum Gasteiger partial charge on any atom is 0.339 e. The van der Waals surface area contributed by atoms with Crippen LogP contribution in [0.2, 0.25) is 0 Å². The average Bonchev–Trinajstić information content (AvgIpc) is 3.55. The summed E-state index contributed by atoms with van der Waals surface area (Å²) in [6.45, 7) is 1.34. The van der Waals surface area contributed by atoms with E-state index in [4.69, 9.17) is 4.18 Å². The fourth-order valence-electron chi connectivity index (χ4n) is 2.99. The Labute approximate surface area is 220 Å². The van der Waals surface area contributed by atoms with Crippen LogP contribution in [0.1, 0.15) is 12.5 Å². The van der Waals surface area contributed by atoms with Crippen molar-refractivity contribution in [1.29, 1.82) is 5.26 Å². The molecule has 0 saturated carbocycles. The number of hydrogen-bond acceptors (Lipinski definition) is 10. The van der Waals surface area contributed by atoms with Crippen LogP contribution in [0.4, 0.5) is 10.8 Å². The standard InChI is InChI=1S/C24H17N5O5S3/c1-15(30)26-18-7-9-20(10-8-18)37(32,33)34-19-5-2-4-16(13-19)12-17(14-25)22(31)27-24-29-28-23(36-24)21-6-3-11-35-21/h2-13H,1H3,(H,26,30)(H,27,29,31)/b17-12+. The van der Waals surface area contributed by atoms with Gasteiger partial charge in [0.25, 0.3) is 5.91 Å². The Morgan fingerprint density at radius 2 is 1.84 bits per heavy atom. The first-order valence-corrected chi connectivity index (χ1v) is 13.6. The fraction of sp³-hybridized carbons (Fsp3) is 0.0417. The average molecular weight is 552 g/mol. The lowest BCUT2D eigenvalue weighted by atomic mass is 10.1. The molecule has 0 aliphatic rings. The molecular weight excluding hydrogens is 534 g/mol. The number of carbonyl (C=O) groups excluding carboxylic acids is 2. The number of hydrogen-bond donors (Lipinski definition) is 2. The van der Waals surface area contributed by atoms with E-state index in [-0.39, 0.29) is 27.3 Å². The molecule has 0 spiro atoms. The Morgan fingerprint density at radius 1 is 1.05 bits per heavy atom. The first kappa shape index (κ1) is 25.7. The Balaban J connectivity index is 1.47. The second kappa shape index (κ2) is 11.1. The van der Waals surface area contributed by atoms with Crippen LogP contribution < -0.4 is 14.8 Å². The summed E-state index contributed by atoms with van der Waals surface area (Å²) in [7, 11) is -4.17. The van der Waals surface area contributed by atoms with E-state index in [9.17, 15) is 23.3 Å². The third kappa shape index (κ3) is 6.64. The minimum Gasteiger partial charge on any atom is -0.379 e. The van der Waals surface area contributed by atoms with Crippen LogP contribution in [0.25, 0.3) is 16.0 Å². The molecular formula is C24H17N5O5S3. The number of anilines is 2. The van der Waals surface area contributed by atoms with Gasteiger partial charge in [0.05, 0.1) is 4.88 Å². The Bertz CT molecular complexity index is 1620. The number of amides is 2. The molecule has 0 atom stereocenters. The van der Waals surface area contributed by atoms with Crippen molar-refractivity contribution in [3.05, 3.63) is 77.2 Å². The van der Waals surface area contributed by atoms with Gasteiger partial charge in [0, 0.05) is 12.6 Å². The monoisotopic (exact) mass is 551 g/mol. The third-order valence-electron chi connectivity index (χ3n) is 4.58. The van der Waals surface area contributed by atoms with E-state index in [0.29, 0.717) is 16.3 Å². The van der Waals surface area contributed by atoms with Crippen LogP contribution >= 0.6 is 22.7 Å². The van der Waals surface area contributed by atoms with Crippen molar-refractivity contribution in [3.63, 3.8) is 0 Å². The molecule has 13 heteroatoms. The van der Waals surface area contributed by atoms with Crippen LogP contribution in [0.15, 0.2) is 76.5 Å². The highest BCUT2D eigenvalue weighted by molar-refractivity contribution is 7.87. The highest BCUT2D eigenvalue weighted by Crippen LogP contribution is 2.30. The van der Waals surface area contributed by atoms with Gasteiger partial charge in [-0.2, -0.15) is 13.7 Å². The zero-order valence-corrected chi connectivity index (χ0v) is 21.5. The highest BCUT2D eigenvalue weighted by atomic mass is 32.2. The first-order valence-electron chi connectivity index (χ1n) is 10.5. The molecule has 0 radical (unpaired) electrons. The lowest BCUT2D eigenvalue weighted by Crippen LogP contribution is -2.13. The molecule has 186 valence electrons. The number of benzene rings is 2. The molecule has 37 heavy (non-hydrogen) atoms. The summed E-state index contributed by atoms with van der Waals surface area (Å²) >= 11 is 2.66. The van der Waals surface area contributed by atoms with Crippen LogP contribution in [-0.4, -0.2) is 30.4 Å². The van der Waals surface area contributed by atoms with Crippen molar-refractivity contribution >= 4 is 61.5 Å². The molecule has 2 heterocycles. The van der Waals surface area contributed by atoms with Crippen molar-refractivity contribution in [2.24, 2.45) is 0 Å². The maximum atomic E-state index is 12.7. The minimum absolute atomic E-state index is 0.0119. The topological polar surface area (TPSA) is 151 Å². The molecule has 0 aliphatic heterocycles. The van der Waals surface area contributed by atoms with E-state index in [2.05, 4.69) is 20.8 Å². The smallest absolute Gasteiger partial charge is 0.339 e. The van der Waals surface area contributed by atoms with Crippen molar-refractivity contribution in [2.45, 2.75) is 11.8 Å². The van der Waals surface area contributed by atoms with E-state index in [1.54, 1.807) is 6.07 Å². The molecule has 2 N–H and O–H groups in total. The van der Waals surface area contributed by atoms with Gasteiger partial charge in [0.1, 0.15) is 22.3 Å². The fourth-order valence-corrected chi connectivity index (χ4v) is 5.45. The van der Waals surface area contributed by atoms with Gasteiger partial charge < -0.3 is 9.50 Å². The van der Waals surface area contributed by atoms with Gasteiger partial charge in [-0.05, 0) is 59.5 Å². The molecule has 0 bridgehead atoms. The van der Waals surface area contributed by atoms with E-state index in [1.807, 2.05) is 23.6 Å². The lowest BCUT2D eigenvalue weighted by molar-refractivity contribution is -0.114. The minimum atomic E-state index is -4.17. The number of nitriles is 1. The van der Waals surface area contributed by atoms with Crippen LogP contribution in [0, 0.1) is 11.3 Å². The second-order valence-corrected chi connectivity index (χ2v) is 10.8. The number of carbonyl (C=O) groups is 2. The number of nitrogens with one attached hydrogen (secondary N) is 2. The molecule has 10 nitrogen and oxygen atoms in total. The van der Waals surface area contributed by atoms with E-state index >= 15 is 0 Å². The lowest BCUT2D eigenvalue weighted by Gasteiger charge is -2.09. The summed E-state index contributed by atoms with van der Waals surface area (Å²) in [5.74, 6) is -0.981. The summed E-state index contributed by atoms with van der Waals surface area (Å²) in [4.78, 5) is 24.6. The maximum absolute atomic E-state index is 12.7. The summed E-state index contributed by atoms with van der Waals surface area (Å²) in [6.07, 6.45) is 1.30. The van der Waals surface area contributed by atoms with Gasteiger partial charge in [-0.1, -0.05) is 29.5 Å². The number of rotatable bonds is 8. The normalized spacial score (nSPS) is 11.4. The van der Waals surface area contributed by atoms with Gasteiger partial charge in [-0.25, -0.2) is 0 Å². The molecule has 0 fully saturated rings. The Hall–Kier alpha value is -4.38. The molecule has 0 saturated heterocycles. The number of aromatic nitrogens is 2. The zero-order chi connectivity index (χ0) is 26.4. The number of nitrogens with zero attached hydrogens (tertiary/aromatic N) is 3. The van der Waals surface area contributed by atoms with E-state index < -0.39 is 16.0 Å². The summed E-state index contributed by atoms with van der Waals surface area (Å²) in [6, 6.07) is 17.0. The van der Waals surface area contributed by atoms with Gasteiger partial charge >= 0.3 is 10.1 Å². The highest BCUT2D eigenvalue weighted by Gasteiger charge is 2.18. The molecule has 2 aromatic carbocycles. The van der Waals surface area contributed by atoms with Gasteiger partial charge in [-0.15, -0.1) is 21.5 Å². The van der Waals surface area contributed by atoms with Crippen molar-refractivity contribution < 1.29 is 22.2 Å². The largest absolute Gasteiger partial charge is 0.379 e. The second-order valence-electron chi connectivity index (χ2n) is 7.33. The van der Waals surface area contributed by atoms with E-state index in [0.717, 1.165) is 4.88 Å². The molecule has 4 rings (SSSR count). The molecule has 2 aromatic heterocycles. The molecule has 2 amide bonds. The van der Waals surface area contributed by atoms with Gasteiger partial charge in [0.15, 0.2) is 5.01 Å². The van der Waals surface area contributed by atoms with E-state index in [1.165, 1.54) is 78.1 Å². The predicted molar refractivity (Wildman–Crippen MR) is 140 cm³/mol. The molecule has 4 aromatic rings. The summed E-state index contributed by atoms with van der Waals surface area (Å²) in [5.41, 5.74) is 0.593. The van der Waals surface area contributed by atoms with Gasteiger partial charge in [0.2, 0.25) is 11.0 Å². The Morgan fingerprint density at radius 3 is 2.51 bits per heavy atom. The van der Waals surface area contributed by atoms with Crippen molar-refractivity contribution in [1.82, 2.24) is 10.2 Å². The van der Waals surface area contributed by atoms with Gasteiger partial charge in [-0.3, -0.25) is 14.9 Å². The summed E-state index contributed by atoms with van der Waals surface area (Å²) < 4.78 is 30.6. The van der Waals surface area contributed by atoms with Crippen LogP contribution in [-0.2, 0) is 19.7 Å². The number of thiophene rings is 1. The Kier molecular flexibility index (Phi) is 7.73. The first-order chi connectivity index (χ1) is 17.7. The molecule has 0 unspecified atom stereocenters. The quantitative estimate of drug-likeness (QED) is 0.184. The zero-order valence-electron chi connectivity index (χ0n) is 19.0. The third-order valence-corrected chi connectivity index (χ3v) is 7.72. The van der Waals surface area contributed by atoms with Crippen molar-refractivity contribution in [3.8, 4) is 21.7 Å². The van der Waals surface area contributed by atoms with Crippen LogP contribution in [0.3, 0.4) is 0 Å². The molecule has 0 aliphatic carbocycles. The predicted octanol–water partition coefficient (Wildman–Crippen LogP) is 4.54. The van der Waals surface area contributed by atoms with Crippen LogP contribution in [0.5, 0.6) is 5.75 Å². The SMILES string of the molecule is CC(=O)Nc1ccc(S(=O)(=O)Oc2cccc(/C=C(\C#N)C(=O)Nc3nnc(-c4cccs4)s3)c2)cc1. The summed E-state index contributed by atoms with van der Waals surface area (Å²) in [5, 5.41) is 25.4.